The Bertz CT molecular complexity index is 309. The molecule has 8 heteroatoms. The quantitative estimate of drug-likeness (QED) is 0.361. The van der Waals surface area contributed by atoms with Crippen LogP contribution in [0.15, 0.2) is 0 Å². The Morgan fingerprint density at radius 1 is 1.00 bits per heavy atom. The Kier molecular flexibility index (Phi) is 13.2. The monoisotopic (exact) mass is 326 g/mol. The molecule has 0 heterocycles. The van der Waals surface area contributed by atoms with Gasteiger partial charge in [-0.05, 0) is 20.3 Å². The first kappa shape index (κ1) is 20.7. The summed E-state index contributed by atoms with van der Waals surface area (Å²) in [6.45, 7) is 5.87. The van der Waals surface area contributed by atoms with Gasteiger partial charge in [-0.25, -0.2) is 0 Å². The maximum atomic E-state index is 11.3. The lowest BCUT2D eigenvalue weighted by Crippen LogP contribution is -2.11. The van der Waals surface area contributed by atoms with Crippen LogP contribution in [0, 0.1) is 0 Å². The Morgan fingerprint density at radius 3 is 2.05 bits per heavy atom. The van der Waals surface area contributed by atoms with Crippen molar-refractivity contribution in [3.8, 4) is 0 Å². The first-order valence-electron chi connectivity index (χ1n) is 7.17. The Hall–Kier alpha value is -0.300. The largest absolute Gasteiger partial charge is 0.379 e. The van der Waals surface area contributed by atoms with Crippen molar-refractivity contribution in [3.63, 3.8) is 0 Å². The van der Waals surface area contributed by atoms with Gasteiger partial charge in [0, 0.05) is 13.0 Å². The first-order chi connectivity index (χ1) is 9.98. The van der Waals surface area contributed by atoms with Gasteiger partial charge in [-0.2, -0.15) is 0 Å². The minimum atomic E-state index is -3.49. The second-order valence-corrected chi connectivity index (χ2v) is 6.40. The van der Waals surface area contributed by atoms with E-state index in [1.165, 1.54) is 0 Å². The van der Waals surface area contributed by atoms with Crippen molar-refractivity contribution in [2.45, 2.75) is 26.7 Å². The molecule has 0 aromatic carbocycles. The lowest BCUT2D eigenvalue weighted by molar-refractivity contribution is -0.117. The van der Waals surface area contributed by atoms with Crippen molar-refractivity contribution < 1.29 is 33.0 Å². The highest BCUT2D eigenvalue weighted by Crippen LogP contribution is 2.40. The third-order valence-electron chi connectivity index (χ3n) is 2.41. The van der Waals surface area contributed by atoms with Gasteiger partial charge in [0.25, 0.3) is 0 Å². The number of carbonyl (C=O) groups excluding carboxylic acids is 1. The summed E-state index contributed by atoms with van der Waals surface area (Å²) in [5, 5.41) is 0. The molecule has 126 valence electrons. The zero-order valence-corrected chi connectivity index (χ0v) is 13.8. The summed E-state index contributed by atoms with van der Waals surface area (Å²) in [7, 11) is -3.49. The third kappa shape index (κ3) is 15.9. The third-order valence-corrected chi connectivity index (χ3v) is 3.82. The summed E-state index contributed by atoms with van der Waals surface area (Å²) in [6, 6.07) is 0. The van der Waals surface area contributed by atoms with Crippen molar-refractivity contribution in [1.82, 2.24) is 0 Å². The summed E-state index contributed by atoms with van der Waals surface area (Å²) in [5.41, 5.74) is 0. The summed E-state index contributed by atoms with van der Waals surface area (Å²) >= 11 is 0. The molecule has 1 unspecified atom stereocenters. The number of hydrogen-bond acceptors (Lipinski definition) is 6. The van der Waals surface area contributed by atoms with Gasteiger partial charge in [-0.1, -0.05) is 0 Å². The molecule has 0 bridgehead atoms. The normalized spacial score (nSPS) is 14.0. The lowest BCUT2D eigenvalue weighted by Gasteiger charge is -2.11. The Balaban J connectivity index is 3.19. The van der Waals surface area contributed by atoms with Crippen LogP contribution < -0.4 is 0 Å². The van der Waals surface area contributed by atoms with E-state index in [9.17, 15) is 14.3 Å². The standard InChI is InChI=1S/C13H27O7P/c1-3-20-21(15,16)12-11-19-10-9-18-8-7-17-6-4-5-13(2)14/h3-12H2,1-2H3,(H,15,16). The Morgan fingerprint density at radius 2 is 1.52 bits per heavy atom. The highest BCUT2D eigenvalue weighted by atomic mass is 31.2. The predicted octanol–water partition coefficient (Wildman–Crippen LogP) is 1.63. The van der Waals surface area contributed by atoms with Crippen molar-refractivity contribution in [2.24, 2.45) is 0 Å². The number of Topliss-reactive ketones (excluding diaryl/α,β-unsaturated/α-hetero) is 1. The highest BCUT2D eigenvalue weighted by Gasteiger charge is 2.17. The molecule has 1 N–H and O–H groups in total. The molecule has 0 amide bonds. The average molecular weight is 326 g/mol. The van der Waals surface area contributed by atoms with E-state index in [1.54, 1.807) is 13.8 Å². The molecule has 0 saturated carbocycles. The molecule has 0 aliphatic rings. The number of ether oxygens (including phenoxy) is 3. The van der Waals surface area contributed by atoms with Gasteiger partial charge >= 0.3 is 7.60 Å². The molecule has 0 spiro atoms. The van der Waals surface area contributed by atoms with Gasteiger partial charge in [0.2, 0.25) is 0 Å². The topological polar surface area (TPSA) is 91.3 Å². The van der Waals surface area contributed by atoms with Gasteiger partial charge in [0.1, 0.15) is 5.78 Å². The van der Waals surface area contributed by atoms with Crippen LogP contribution in [0.4, 0.5) is 0 Å². The number of ketones is 1. The SMILES string of the molecule is CCOP(=O)(O)CCOCCOCCOCCCC(C)=O. The molecule has 21 heavy (non-hydrogen) atoms. The minimum Gasteiger partial charge on any atom is -0.379 e. The van der Waals surface area contributed by atoms with Gasteiger partial charge in [0.05, 0.1) is 45.8 Å². The molecule has 0 aliphatic carbocycles. The van der Waals surface area contributed by atoms with Crippen LogP contribution in [0.5, 0.6) is 0 Å². The fourth-order valence-electron chi connectivity index (χ4n) is 1.41. The van der Waals surface area contributed by atoms with Gasteiger partial charge in [0.15, 0.2) is 0 Å². The second-order valence-electron chi connectivity index (χ2n) is 4.42. The van der Waals surface area contributed by atoms with Crippen LogP contribution in [0.25, 0.3) is 0 Å². The zero-order chi connectivity index (χ0) is 16.0. The van der Waals surface area contributed by atoms with Crippen molar-refractivity contribution >= 4 is 13.4 Å². The van der Waals surface area contributed by atoms with E-state index < -0.39 is 7.60 Å². The van der Waals surface area contributed by atoms with Crippen LogP contribution in [-0.2, 0) is 28.1 Å². The van der Waals surface area contributed by atoms with E-state index in [1.807, 2.05) is 0 Å². The molecule has 0 saturated heterocycles. The van der Waals surface area contributed by atoms with E-state index >= 15 is 0 Å². The van der Waals surface area contributed by atoms with Gasteiger partial charge in [-0.3, -0.25) is 4.57 Å². The molecule has 0 aromatic heterocycles. The zero-order valence-electron chi connectivity index (χ0n) is 12.9. The predicted molar refractivity (Wildman–Crippen MR) is 78.7 cm³/mol. The van der Waals surface area contributed by atoms with E-state index in [-0.39, 0.29) is 25.2 Å². The molecule has 0 rings (SSSR count). The second kappa shape index (κ2) is 13.4. The molecule has 0 aromatic rings. The molecule has 1 atom stereocenters. The molecular weight excluding hydrogens is 299 g/mol. The lowest BCUT2D eigenvalue weighted by atomic mass is 10.2. The number of carbonyl (C=O) groups is 1. The molecule has 7 nitrogen and oxygen atoms in total. The van der Waals surface area contributed by atoms with Crippen LogP contribution in [0.3, 0.4) is 0 Å². The number of hydrogen-bond donors (Lipinski definition) is 1. The summed E-state index contributed by atoms with van der Waals surface area (Å²) < 4.78 is 31.7. The van der Waals surface area contributed by atoms with Crippen molar-refractivity contribution in [1.29, 1.82) is 0 Å². The van der Waals surface area contributed by atoms with Crippen LogP contribution in [0.1, 0.15) is 26.7 Å². The van der Waals surface area contributed by atoms with Gasteiger partial charge in [-0.15, -0.1) is 0 Å². The molecule has 0 aliphatic heterocycles. The van der Waals surface area contributed by atoms with E-state index in [0.717, 1.165) is 6.42 Å². The van der Waals surface area contributed by atoms with E-state index in [2.05, 4.69) is 0 Å². The van der Waals surface area contributed by atoms with Crippen molar-refractivity contribution in [2.75, 3.05) is 52.4 Å². The highest BCUT2D eigenvalue weighted by molar-refractivity contribution is 7.52. The molecule has 0 radical (unpaired) electrons. The van der Waals surface area contributed by atoms with Crippen molar-refractivity contribution in [3.05, 3.63) is 0 Å². The van der Waals surface area contributed by atoms with Crippen LogP contribution in [-0.4, -0.2) is 63.1 Å². The van der Waals surface area contributed by atoms with Crippen LogP contribution in [0.2, 0.25) is 0 Å². The Labute approximate surface area is 126 Å². The smallest absolute Gasteiger partial charge is 0.330 e. The maximum Gasteiger partial charge on any atom is 0.330 e. The first-order valence-corrected chi connectivity index (χ1v) is 8.93. The molecular formula is C13H27O7P. The fraction of sp³-hybridized carbons (Fsp3) is 0.923. The maximum absolute atomic E-state index is 11.3. The fourth-order valence-corrected chi connectivity index (χ4v) is 2.30. The van der Waals surface area contributed by atoms with Gasteiger partial charge < -0.3 is 28.4 Å². The van der Waals surface area contributed by atoms with E-state index in [0.29, 0.717) is 39.5 Å². The summed E-state index contributed by atoms with van der Waals surface area (Å²) in [6.07, 6.45) is 1.27. The summed E-state index contributed by atoms with van der Waals surface area (Å²) in [4.78, 5) is 19.9. The molecule has 0 fully saturated rings. The average Bonchev–Trinajstić information content (AvgIpc) is 2.39. The van der Waals surface area contributed by atoms with Crippen LogP contribution >= 0.6 is 7.60 Å². The summed E-state index contributed by atoms with van der Waals surface area (Å²) in [5.74, 6) is 0.170. The minimum absolute atomic E-state index is 0.0138. The number of rotatable bonds is 15. The van der Waals surface area contributed by atoms with E-state index in [4.69, 9.17) is 18.7 Å².